The van der Waals surface area contributed by atoms with Crippen LogP contribution in [0.15, 0.2) is 65.6 Å². The van der Waals surface area contributed by atoms with Gasteiger partial charge in [-0.3, -0.25) is 4.79 Å². The highest BCUT2D eigenvalue weighted by Crippen LogP contribution is 2.34. The number of fused-ring (bicyclic) bond motifs is 1. The highest BCUT2D eigenvalue weighted by Gasteiger charge is 2.16. The Morgan fingerprint density at radius 1 is 1.07 bits per heavy atom. The summed E-state index contributed by atoms with van der Waals surface area (Å²) in [5.41, 5.74) is 3.83. The Bertz CT molecular complexity index is 1400. The molecule has 0 radical (unpaired) electrons. The molecule has 0 fully saturated rings. The molecule has 0 amide bonds. The number of hydrogen-bond acceptors (Lipinski definition) is 4. The standard InChI is InChI=1S/C22H20FN3O3S/c1-26-20(12-15-9-10-24-22(27)21(15)26)18-11-14(13-30(2,28)29)3-8-19(18)25-17-6-4-16(23)5-7-17/h3-12,25H,13H2,1-2H3,(H,24,27). The van der Waals surface area contributed by atoms with Gasteiger partial charge in [0.1, 0.15) is 11.3 Å². The van der Waals surface area contributed by atoms with E-state index in [1.807, 2.05) is 12.1 Å². The van der Waals surface area contributed by atoms with E-state index in [0.717, 1.165) is 16.6 Å². The second-order valence-electron chi connectivity index (χ2n) is 7.28. The van der Waals surface area contributed by atoms with Crippen molar-refractivity contribution in [3.8, 4) is 11.3 Å². The molecular weight excluding hydrogens is 405 g/mol. The Balaban J connectivity index is 1.89. The van der Waals surface area contributed by atoms with Crippen molar-refractivity contribution in [2.75, 3.05) is 11.6 Å². The van der Waals surface area contributed by atoms with Crippen molar-refractivity contribution in [1.29, 1.82) is 0 Å². The molecule has 2 heterocycles. The van der Waals surface area contributed by atoms with Gasteiger partial charge in [-0.15, -0.1) is 0 Å². The van der Waals surface area contributed by atoms with Crippen LogP contribution in [0, 0.1) is 5.82 Å². The molecule has 4 rings (SSSR count). The van der Waals surface area contributed by atoms with Gasteiger partial charge in [0.15, 0.2) is 9.84 Å². The summed E-state index contributed by atoms with van der Waals surface area (Å²) in [5, 5.41) is 4.03. The van der Waals surface area contributed by atoms with Crippen molar-refractivity contribution in [1.82, 2.24) is 9.55 Å². The monoisotopic (exact) mass is 425 g/mol. The Labute approximate surface area is 172 Å². The quantitative estimate of drug-likeness (QED) is 0.507. The lowest BCUT2D eigenvalue weighted by Gasteiger charge is -2.15. The third-order valence-electron chi connectivity index (χ3n) is 4.87. The van der Waals surface area contributed by atoms with Crippen molar-refractivity contribution in [3.63, 3.8) is 0 Å². The molecule has 30 heavy (non-hydrogen) atoms. The summed E-state index contributed by atoms with van der Waals surface area (Å²) in [5.74, 6) is -0.432. The van der Waals surface area contributed by atoms with E-state index in [1.165, 1.54) is 18.4 Å². The molecule has 6 nitrogen and oxygen atoms in total. The number of aromatic nitrogens is 2. The summed E-state index contributed by atoms with van der Waals surface area (Å²) < 4.78 is 38.7. The number of sulfone groups is 1. The molecular formula is C22H20FN3O3S. The zero-order chi connectivity index (χ0) is 21.5. The smallest absolute Gasteiger partial charge is 0.272 e. The van der Waals surface area contributed by atoms with Crippen LogP contribution in [-0.2, 0) is 22.6 Å². The number of benzene rings is 2. The third kappa shape index (κ3) is 3.99. The SMILES string of the molecule is Cn1c(-c2cc(CS(C)(=O)=O)ccc2Nc2ccc(F)cc2)cc2cc[nH]c(=O)c21. The predicted octanol–water partition coefficient (Wildman–Crippen LogP) is 3.96. The summed E-state index contributed by atoms with van der Waals surface area (Å²) in [6, 6.07) is 15.0. The van der Waals surface area contributed by atoms with Crippen molar-refractivity contribution in [2.24, 2.45) is 7.05 Å². The van der Waals surface area contributed by atoms with E-state index < -0.39 is 9.84 Å². The van der Waals surface area contributed by atoms with Crippen LogP contribution in [0.25, 0.3) is 22.2 Å². The number of rotatable bonds is 5. The molecule has 0 aliphatic rings. The van der Waals surface area contributed by atoms with Crippen LogP contribution in [0.2, 0.25) is 0 Å². The maximum Gasteiger partial charge on any atom is 0.272 e. The van der Waals surface area contributed by atoms with Gasteiger partial charge >= 0.3 is 0 Å². The maximum atomic E-state index is 13.3. The number of H-pyrrole nitrogens is 1. The van der Waals surface area contributed by atoms with E-state index >= 15 is 0 Å². The van der Waals surface area contributed by atoms with Crippen molar-refractivity contribution < 1.29 is 12.8 Å². The van der Waals surface area contributed by atoms with Gasteiger partial charge < -0.3 is 14.9 Å². The highest BCUT2D eigenvalue weighted by molar-refractivity contribution is 7.89. The van der Waals surface area contributed by atoms with Crippen LogP contribution in [0.4, 0.5) is 15.8 Å². The zero-order valence-electron chi connectivity index (χ0n) is 16.4. The molecule has 8 heteroatoms. The van der Waals surface area contributed by atoms with Crippen LogP contribution < -0.4 is 10.9 Å². The number of halogens is 1. The van der Waals surface area contributed by atoms with Gasteiger partial charge in [0.05, 0.1) is 11.4 Å². The Morgan fingerprint density at radius 2 is 1.80 bits per heavy atom. The molecule has 0 atom stereocenters. The second kappa shape index (κ2) is 7.46. The first-order chi connectivity index (χ1) is 14.2. The number of aromatic amines is 1. The number of nitrogens with one attached hydrogen (secondary N) is 2. The molecule has 154 valence electrons. The maximum absolute atomic E-state index is 13.3. The average molecular weight is 425 g/mol. The third-order valence-corrected chi connectivity index (χ3v) is 5.72. The molecule has 0 unspecified atom stereocenters. The summed E-state index contributed by atoms with van der Waals surface area (Å²) in [6.07, 6.45) is 2.78. The minimum atomic E-state index is -3.22. The van der Waals surface area contributed by atoms with Crippen molar-refractivity contribution >= 4 is 32.1 Å². The van der Waals surface area contributed by atoms with Crippen LogP contribution in [-0.4, -0.2) is 24.2 Å². The topological polar surface area (TPSA) is 84.0 Å². The predicted molar refractivity (Wildman–Crippen MR) is 117 cm³/mol. The van der Waals surface area contributed by atoms with Gasteiger partial charge in [-0.1, -0.05) is 6.07 Å². The molecule has 4 aromatic rings. The van der Waals surface area contributed by atoms with E-state index in [0.29, 0.717) is 22.5 Å². The fraction of sp³-hybridized carbons (Fsp3) is 0.136. The molecule has 0 bridgehead atoms. The molecule has 0 saturated heterocycles. The van der Waals surface area contributed by atoms with E-state index in [-0.39, 0.29) is 17.1 Å². The Kier molecular flexibility index (Phi) is 4.95. The van der Waals surface area contributed by atoms with Crippen LogP contribution >= 0.6 is 0 Å². The lowest BCUT2D eigenvalue weighted by molar-refractivity contribution is 0.601. The molecule has 2 aromatic carbocycles. The summed E-state index contributed by atoms with van der Waals surface area (Å²) >= 11 is 0. The number of pyridine rings is 1. The first kappa shape index (κ1) is 19.9. The van der Waals surface area contributed by atoms with Gasteiger partial charge in [0.25, 0.3) is 5.56 Å². The fourth-order valence-corrected chi connectivity index (χ4v) is 4.35. The molecule has 2 N–H and O–H groups in total. The first-order valence-corrected chi connectivity index (χ1v) is 11.3. The zero-order valence-corrected chi connectivity index (χ0v) is 17.3. The van der Waals surface area contributed by atoms with E-state index in [1.54, 1.807) is 48.1 Å². The van der Waals surface area contributed by atoms with E-state index in [9.17, 15) is 17.6 Å². The van der Waals surface area contributed by atoms with Crippen LogP contribution in [0.1, 0.15) is 5.56 Å². The van der Waals surface area contributed by atoms with Gasteiger partial charge in [0.2, 0.25) is 0 Å². The number of nitrogens with zero attached hydrogens (tertiary/aromatic N) is 1. The normalized spacial score (nSPS) is 11.7. The van der Waals surface area contributed by atoms with Gasteiger partial charge in [-0.05, 0) is 54.1 Å². The minimum Gasteiger partial charge on any atom is -0.355 e. The van der Waals surface area contributed by atoms with Crippen molar-refractivity contribution in [2.45, 2.75) is 5.75 Å². The summed E-state index contributed by atoms with van der Waals surface area (Å²) in [4.78, 5) is 15.0. The number of hydrogen-bond donors (Lipinski definition) is 2. The second-order valence-corrected chi connectivity index (χ2v) is 9.42. The van der Waals surface area contributed by atoms with E-state index in [2.05, 4.69) is 10.3 Å². The van der Waals surface area contributed by atoms with Gasteiger partial charge in [-0.25, -0.2) is 12.8 Å². The van der Waals surface area contributed by atoms with Crippen molar-refractivity contribution in [3.05, 3.63) is 82.5 Å². The molecule has 2 aromatic heterocycles. The highest BCUT2D eigenvalue weighted by atomic mass is 32.2. The first-order valence-electron chi connectivity index (χ1n) is 9.22. The minimum absolute atomic E-state index is 0.0959. The molecule has 0 saturated carbocycles. The lowest BCUT2D eigenvalue weighted by atomic mass is 10.1. The van der Waals surface area contributed by atoms with Crippen LogP contribution in [0.3, 0.4) is 0 Å². The molecule has 0 spiro atoms. The molecule has 0 aliphatic heterocycles. The van der Waals surface area contributed by atoms with E-state index in [4.69, 9.17) is 0 Å². The lowest BCUT2D eigenvalue weighted by Crippen LogP contribution is -2.09. The number of anilines is 2. The number of aryl methyl sites for hydroxylation is 1. The summed E-state index contributed by atoms with van der Waals surface area (Å²) in [7, 11) is -1.43. The molecule has 0 aliphatic carbocycles. The largest absolute Gasteiger partial charge is 0.355 e. The van der Waals surface area contributed by atoms with Gasteiger partial charge in [0, 0.05) is 41.8 Å². The Hall–Kier alpha value is -3.39. The van der Waals surface area contributed by atoms with Crippen LogP contribution in [0.5, 0.6) is 0 Å². The van der Waals surface area contributed by atoms with Gasteiger partial charge in [-0.2, -0.15) is 0 Å². The summed E-state index contributed by atoms with van der Waals surface area (Å²) in [6.45, 7) is 0. The fourth-order valence-electron chi connectivity index (χ4n) is 3.56. The average Bonchev–Trinajstić information content (AvgIpc) is 3.01. The Morgan fingerprint density at radius 3 is 2.47 bits per heavy atom.